The highest BCUT2D eigenvalue weighted by molar-refractivity contribution is 6.28. The SMILES string of the molecule is CC(C)(C)C(=O)C1Oc2c(Nc3nc(Cl)ncc3F)cccc21. The van der Waals surface area contributed by atoms with Gasteiger partial charge in [-0.1, -0.05) is 32.9 Å². The Kier molecular flexibility index (Phi) is 3.72. The molecule has 2 heterocycles. The Morgan fingerprint density at radius 2 is 2.13 bits per heavy atom. The maximum atomic E-state index is 13.7. The highest BCUT2D eigenvalue weighted by Crippen LogP contribution is 2.47. The van der Waals surface area contributed by atoms with Crippen LogP contribution in [0, 0.1) is 11.2 Å². The van der Waals surface area contributed by atoms with Gasteiger partial charge in [-0.05, 0) is 17.7 Å². The first-order valence-electron chi connectivity index (χ1n) is 7.06. The van der Waals surface area contributed by atoms with Gasteiger partial charge in [0.1, 0.15) is 0 Å². The Morgan fingerprint density at radius 1 is 1.39 bits per heavy atom. The van der Waals surface area contributed by atoms with Crippen LogP contribution >= 0.6 is 11.6 Å². The lowest BCUT2D eigenvalue weighted by atomic mass is 9.83. The third-order valence-corrected chi connectivity index (χ3v) is 3.69. The summed E-state index contributed by atoms with van der Waals surface area (Å²) in [7, 11) is 0. The quantitative estimate of drug-likeness (QED) is 0.857. The van der Waals surface area contributed by atoms with Gasteiger partial charge in [0.15, 0.2) is 29.3 Å². The molecule has 23 heavy (non-hydrogen) atoms. The summed E-state index contributed by atoms with van der Waals surface area (Å²) >= 11 is 5.68. The summed E-state index contributed by atoms with van der Waals surface area (Å²) in [5, 5.41) is 2.76. The number of hydrogen-bond donors (Lipinski definition) is 1. The van der Waals surface area contributed by atoms with Crippen molar-refractivity contribution in [1.82, 2.24) is 9.97 Å². The van der Waals surface area contributed by atoms with Crippen LogP contribution in [-0.2, 0) is 4.79 Å². The number of nitrogens with one attached hydrogen (secondary N) is 1. The van der Waals surface area contributed by atoms with Crippen LogP contribution < -0.4 is 10.1 Å². The van der Waals surface area contributed by atoms with Crippen LogP contribution in [0.3, 0.4) is 0 Å². The fourth-order valence-corrected chi connectivity index (χ4v) is 2.40. The molecule has 3 rings (SSSR count). The molecule has 1 aromatic heterocycles. The average molecular weight is 336 g/mol. The Bertz CT molecular complexity index is 789. The van der Waals surface area contributed by atoms with Crippen molar-refractivity contribution >= 4 is 28.9 Å². The number of anilines is 2. The highest BCUT2D eigenvalue weighted by Gasteiger charge is 2.41. The van der Waals surface area contributed by atoms with Crippen LogP contribution in [0.15, 0.2) is 24.4 Å². The summed E-state index contributed by atoms with van der Waals surface area (Å²) in [5.74, 6) is -0.163. The lowest BCUT2D eigenvalue weighted by Gasteiger charge is -2.35. The van der Waals surface area contributed by atoms with Gasteiger partial charge < -0.3 is 10.1 Å². The molecule has 0 bridgehead atoms. The number of benzene rings is 1. The normalized spacial score (nSPS) is 16.1. The largest absolute Gasteiger partial charge is 0.475 e. The highest BCUT2D eigenvalue weighted by atomic mass is 35.5. The van der Waals surface area contributed by atoms with E-state index < -0.39 is 17.3 Å². The van der Waals surface area contributed by atoms with Crippen LogP contribution in [-0.4, -0.2) is 15.8 Å². The number of rotatable bonds is 3. The van der Waals surface area contributed by atoms with Crippen LogP contribution in [0.5, 0.6) is 5.75 Å². The fourth-order valence-electron chi connectivity index (χ4n) is 2.26. The molecule has 1 aromatic carbocycles. The molecule has 7 heteroatoms. The Labute approximate surface area is 137 Å². The van der Waals surface area contributed by atoms with E-state index in [1.165, 1.54) is 0 Å². The van der Waals surface area contributed by atoms with Crippen molar-refractivity contribution in [2.75, 3.05) is 5.32 Å². The maximum absolute atomic E-state index is 13.7. The molecule has 0 radical (unpaired) electrons. The zero-order valence-corrected chi connectivity index (χ0v) is 13.6. The van der Waals surface area contributed by atoms with E-state index in [2.05, 4.69) is 15.3 Å². The smallest absolute Gasteiger partial charge is 0.224 e. The predicted octanol–water partition coefficient (Wildman–Crippen LogP) is 4.06. The lowest BCUT2D eigenvalue weighted by molar-refractivity contribution is -0.136. The summed E-state index contributed by atoms with van der Waals surface area (Å²) in [6, 6.07) is 5.31. The second-order valence-corrected chi connectivity index (χ2v) is 6.63. The number of para-hydroxylation sites is 1. The molecular formula is C16H15ClFN3O2. The summed E-state index contributed by atoms with van der Waals surface area (Å²) < 4.78 is 19.4. The van der Waals surface area contributed by atoms with Crippen LogP contribution in [0.2, 0.25) is 5.28 Å². The molecule has 0 spiro atoms. The van der Waals surface area contributed by atoms with E-state index in [-0.39, 0.29) is 16.9 Å². The van der Waals surface area contributed by atoms with Gasteiger partial charge in [-0.25, -0.2) is 9.37 Å². The Hall–Kier alpha value is -2.21. The molecule has 120 valence electrons. The van der Waals surface area contributed by atoms with E-state index in [0.29, 0.717) is 11.4 Å². The molecule has 1 unspecified atom stereocenters. The number of aromatic nitrogens is 2. The van der Waals surface area contributed by atoms with Gasteiger partial charge in [-0.2, -0.15) is 4.98 Å². The molecule has 0 amide bonds. The molecule has 0 saturated carbocycles. The summed E-state index contributed by atoms with van der Waals surface area (Å²) in [6.45, 7) is 5.53. The third-order valence-electron chi connectivity index (χ3n) is 3.51. The lowest BCUT2D eigenvalue weighted by Crippen LogP contribution is -2.35. The van der Waals surface area contributed by atoms with Gasteiger partial charge in [0.25, 0.3) is 0 Å². The molecule has 0 aliphatic carbocycles. The van der Waals surface area contributed by atoms with E-state index >= 15 is 0 Å². The van der Waals surface area contributed by atoms with Crippen molar-refractivity contribution in [1.29, 1.82) is 0 Å². The topological polar surface area (TPSA) is 64.1 Å². The standard InChI is InChI=1S/C16H15ClFN3O2/c1-16(2,3)13(22)12-8-5-4-6-10(11(8)23-12)20-14-9(18)7-19-15(17)21-14/h4-7,12H,1-3H3,(H,19,20,21). The van der Waals surface area contributed by atoms with Gasteiger partial charge in [0, 0.05) is 11.0 Å². The van der Waals surface area contributed by atoms with Gasteiger partial charge >= 0.3 is 0 Å². The number of fused-ring (bicyclic) bond motifs is 1. The van der Waals surface area contributed by atoms with Gasteiger partial charge in [-0.15, -0.1) is 0 Å². The predicted molar refractivity (Wildman–Crippen MR) is 84.6 cm³/mol. The van der Waals surface area contributed by atoms with Gasteiger partial charge in [-0.3, -0.25) is 4.79 Å². The monoisotopic (exact) mass is 335 g/mol. The van der Waals surface area contributed by atoms with Gasteiger partial charge in [0.05, 0.1) is 11.9 Å². The van der Waals surface area contributed by atoms with Crippen molar-refractivity contribution < 1.29 is 13.9 Å². The number of carbonyl (C=O) groups excluding carboxylic acids is 1. The number of carbonyl (C=O) groups is 1. The van der Waals surface area contributed by atoms with E-state index in [4.69, 9.17) is 16.3 Å². The minimum atomic E-state index is -0.631. The van der Waals surface area contributed by atoms with Crippen molar-refractivity contribution in [3.8, 4) is 5.75 Å². The van der Waals surface area contributed by atoms with E-state index in [1.54, 1.807) is 12.1 Å². The average Bonchev–Trinajstić information content (AvgIpc) is 2.44. The Morgan fingerprint density at radius 3 is 2.83 bits per heavy atom. The molecule has 1 N–H and O–H groups in total. The van der Waals surface area contributed by atoms with Crippen LogP contribution in [0.25, 0.3) is 0 Å². The first-order chi connectivity index (χ1) is 10.8. The number of Topliss-reactive ketones (excluding diaryl/α,β-unsaturated/α-hetero) is 1. The number of nitrogens with zero attached hydrogens (tertiary/aromatic N) is 2. The van der Waals surface area contributed by atoms with Crippen molar-refractivity contribution in [2.45, 2.75) is 26.9 Å². The second kappa shape index (κ2) is 5.45. The zero-order valence-electron chi connectivity index (χ0n) is 12.9. The minimum Gasteiger partial charge on any atom is -0.475 e. The minimum absolute atomic E-state index is 0.00147. The number of halogens is 2. The first-order valence-corrected chi connectivity index (χ1v) is 7.44. The van der Waals surface area contributed by atoms with Crippen molar-refractivity contribution in [3.63, 3.8) is 0 Å². The second-order valence-electron chi connectivity index (χ2n) is 6.30. The van der Waals surface area contributed by atoms with Gasteiger partial charge in [0.2, 0.25) is 5.28 Å². The Balaban J connectivity index is 1.89. The maximum Gasteiger partial charge on any atom is 0.224 e. The molecule has 1 aliphatic heterocycles. The number of ketones is 1. The molecular weight excluding hydrogens is 321 g/mol. The van der Waals surface area contributed by atoms with E-state index in [0.717, 1.165) is 11.8 Å². The molecule has 0 saturated heterocycles. The number of ether oxygens (including phenoxy) is 1. The van der Waals surface area contributed by atoms with Crippen molar-refractivity contribution in [2.24, 2.45) is 5.41 Å². The fraction of sp³-hybridized carbons (Fsp3) is 0.312. The summed E-state index contributed by atoms with van der Waals surface area (Å²) in [5.41, 5.74) is 0.794. The molecule has 5 nitrogen and oxygen atoms in total. The van der Waals surface area contributed by atoms with Crippen LogP contribution in [0.1, 0.15) is 32.4 Å². The van der Waals surface area contributed by atoms with Crippen LogP contribution in [0.4, 0.5) is 15.9 Å². The molecule has 1 aliphatic rings. The molecule has 0 fully saturated rings. The van der Waals surface area contributed by atoms with E-state index in [1.807, 2.05) is 26.8 Å². The molecule has 1 atom stereocenters. The summed E-state index contributed by atoms with van der Waals surface area (Å²) in [6.07, 6.45) is 0.394. The number of hydrogen-bond acceptors (Lipinski definition) is 5. The van der Waals surface area contributed by atoms with E-state index in [9.17, 15) is 9.18 Å². The first kappa shape index (κ1) is 15.7. The molecule has 2 aromatic rings. The van der Waals surface area contributed by atoms with Crippen molar-refractivity contribution in [3.05, 3.63) is 41.1 Å². The zero-order chi connectivity index (χ0) is 16.8. The summed E-state index contributed by atoms with van der Waals surface area (Å²) in [4.78, 5) is 19.7. The third kappa shape index (κ3) is 2.86.